The van der Waals surface area contributed by atoms with E-state index in [9.17, 15) is 9.59 Å². The van der Waals surface area contributed by atoms with Crippen molar-refractivity contribution in [2.75, 3.05) is 6.54 Å². The lowest BCUT2D eigenvalue weighted by Crippen LogP contribution is -2.33. The van der Waals surface area contributed by atoms with Crippen molar-refractivity contribution in [1.82, 2.24) is 30.0 Å². The van der Waals surface area contributed by atoms with Gasteiger partial charge in [-0.1, -0.05) is 35.9 Å². The van der Waals surface area contributed by atoms with Gasteiger partial charge < -0.3 is 14.9 Å². The van der Waals surface area contributed by atoms with Gasteiger partial charge >= 0.3 is 0 Å². The van der Waals surface area contributed by atoms with E-state index in [2.05, 4.69) is 25.5 Å². The van der Waals surface area contributed by atoms with Gasteiger partial charge in [-0.3, -0.25) is 14.7 Å². The van der Waals surface area contributed by atoms with Crippen LogP contribution in [0.15, 0.2) is 84.1 Å². The van der Waals surface area contributed by atoms with Gasteiger partial charge in [-0.25, -0.2) is 4.98 Å². The van der Waals surface area contributed by atoms with Crippen molar-refractivity contribution in [2.45, 2.75) is 6.54 Å². The molecular weight excluding hydrogens is 464 g/mol. The standard InChI is InChI=1S/C26H21ClN6O2/c27-23-10-8-18(15-30-23)16-33-13-3-5-20(26(33)35)25(34)29-12-1-4-17-7-9-19-22(14-17)31-32-24(19)21-6-2-11-28-21/h1-11,13-15,28H,12,16H2,(H,29,34)(H,31,32). The van der Waals surface area contributed by atoms with Crippen molar-refractivity contribution in [3.63, 3.8) is 0 Å². The Morgan fingerprint density at radius 3 is 2.86 bits per heavy atom. The average Bonchev–Trinajstić information content (AvgIpc) is 3.54. The molecule has 4 heterocycles. The van der Waals surface area contributed by atoms with Crippen LogP contribution < -0.4 is 10.9 Å². The van der Waals surface area contributed by atoms with Gasteiger partial charge in [0.2, 0.25) is 0 Å². The molecule has 5 aromatic rings. The highest BCUT2D eigenvalue weighted by Gasteiger charge is 2.12. The SMILES string of the molecule is O=C(NCC=Cc1ccc2c(-c3ccc[nH]3)n[nH]c2c1)c1cccn(Cc2ccc(Cl)nc2)c1=O. The van der Waals surface area contributed by atoms with E-state index in [1.54, 1.807) is 30.6 Å². The van der Waals surface area contributed by atoms with Crippen molar-refractivity contribution in [3.8, 4) is 11.4 Å². The zero-order chi connectivity index (χ0) is 24.2. The summed E-state index contributed by atoms with van der Waals surface area (Å²) in [4.78, 5) is 32.6. The van der Waals surface area contributed by atoms with E-state index in [0.29, 0.717) is 11.7 Å². The van der Waals surface area contributed by atoms with Crippen LogP contribution in [-0.4, -0.2) is 37.2 Å². The summed E-state index contributed by atoms with van der Waals surface area (Å²) in [6, 6.07) is 16.6. The molecule has 174 valence electrons. The first-order chi connectivity index (χ1) is 17.1. The highest BCUT2D eigenvalue weighted by molar-refractivity contribution is 6.29. The number of hydrogen-bond donors (Lipinski definition) is 3. The Balaban J connectivity index is 1.23. The molecule has 3 N–H and O–H groups in total. The number of benzene rings is 1. The first kappa shape index (κ1) is 22.4. The third-order valence-corrected chi connectivity index (χ3v) is 5.76. The number of hydrogen-bond acceptors (Lipinski definition) is 4. The molecule has 0 atom stereocenters. The number of fused-ring (bicyclic) bond motifs is 1. The molecule has 1 amide bonds. The molecule has 0 radical (unpaired) electrons. The van der Waals surface area contributed by atoms with Crippen LogP contribution in [-0.2, 0) is 6.54 Å². The summed E-state index contributed by atoms with van der Waals surface area (Å²) in [6.07, 6.45) is 8.85. The number of aromatic nitrogens is 5. The summed E-state index contributed by atoms with van der Waals surface area (Å²) in [5, 5.41) is 11.6. The zero-order valence-electron chi connectivity index (χ0n) is 18.5. The van der Waals surface area contributed by atoms with Crippen LogP contribution in [0, 0.1) is 0 Å². The van der Waals surface area contributed by atoms with Gasteiger partial charge in [-0.15, -0.1) is 0 Å². The zero-order valence-corrected chi connectivity index (χ0v) is 19.3. The monoisotopic (exact) mass is 484 g/mol. The lowest BCUT2D eigenvalue weighted by Gasteiger charge is -2.08. The molecule has 5 rings (SSSR count). The van der Waals surface area contributed by atoms with E-state index in [4.69, 9.17) is 11.6 Å². The molecule has 35 heavy (non-hydrogen) atoms. The fourth-order valence-electron chi connectivity index (χ4n) is 3.80. The van der Waals surface area contributed by atoms with E-state index in [0.717, 1.165) is 33.4 Å². The van der Waals surface area contributed by atoms with Gasteiger partial charge in [0.1, 0.15) is 16.4 Å². The second-order valence-electron chi connectivity index (χ2n) is 7.92. The number of halogens is 1. The molecule has 0 aliphatic rings. The van der Waals surface area contributed by atoms with Gasteiger partial charge in [-0.05, 0) is 53.6 Å². The summed E-state index contributed by atoms with van der Waals surface area (Å²) < 4.78 is 1.47. The van der Waals surface area contributed by atoms with Crippen LogP contribution in [0.4, 0.5) is 0 Å². The quantitative estimate of drug-likeness (QED) is 0.300. The minimum absolute atomic E-state index is 0.0820. The van der Waals surface area contributed by atoms with E-state index < -0.39 is 5.91 Å². The van der Waals surface area contributed by atoms with Crippen LogP contribution >= 0.6 is 11.6 Å². The second-order valence-corrected chi connectivity index (χ2v) is 8.30. The van der Waals surface area contributed by atoms with Crippen molar-refractivity contribution in [1.29, 1.82) is 0 Å². The molecule has 0 saturated carbocycles. The number of pyridine rings is 2. The maximum absolute atomic E-state index is 12.8. The van der Waals surface area contributed by atoms with Crippen LogP contribution in [0.25, 0.3) is 28.4 Å². The Labute approximate surface area is 205 Å². The summed E-state index contributed by atoms with van der Waals surface area (Å²) in [6.45, 7) is 0.578. The summed E-state index contributed by atoms with van der Waals surface area (Å²) >= 11 is 5.81. The molecular formula is C26H21ClN6O2. The Kier molecular flexibility index (Phi) is 6.28. The lowest BCUT2D eigenvalue weighted by atomic mass is 10.1. The van der Waals surface area contributed by atoms with Crippen molar-refractivity contribution in [3.05, 3.63) is 111 Å². The van der Waals surface area contributed by atoms with E-state index in [-0.39, 0.29) is 17.7 Å². The van der Waals surface area contributed by atoms with Crippen LogP contribution in [0.2, 0.25) is 5.15 Å². The smallest absolute Gasteiger partial charge is 0.263 e. The number of nitrogens with one attached hydrogen (secondary N) is 3. The van der Waals surface area contributed by atoms with Crippen LogP contribution in [0.5, 0.6) is 0 Å². The predicted molar refractivity (Wildman–Crippen MR) is 136 cm³/mol. The third-order valence-electron chi connectivity index (χ3n) is 5.54. The van der Waals surface area contributed by atoms with E-state index >= 15 is 0 Å². The third kappa shape index (κ3) is 4.92. The van der Waals surface area contributed by atoms with Crippen LogP contribution in [0.3, 0.4) is 0 Å². The Morgan fingerprint density at radius 1 is 1.14 bits per heavy atom. The van der Waals surface area contributed by atoms with Gasteiger partial charge in [0.15, 0.2) is 0 Å². The molecule has 0 spiro atoms. The van der Waals surface area contributed by atoms with Crippen molar-refractivity contribution >= 4 is 34.5 Å². The van der Waals surface area contributed by atoms with Gasteiger partial charge in [-0.2, -0.15) is 5.10 Å². The molecule has 9 heteroatoms. The first-order valence-electron chi connectivity index (χ1n) is 10.9. The minimum atomic E-state index is -0.428. The summed E-state index contributed by atoms with van der Waals surface area (Å²) in [5.41, 5.74) is 4.23. The average molecular weight is 485 g/mol. The Hall–Kier alpha value is -4.43. The number of nitrogens with zero attached hydrogens (tertiary/aromatic N) is 3. The number of H-pyrrole nitrogens is 2. The topological polar surface area (TPSA) is 108 Å². The molecule has 1 aromatic carbocycles. The van der Waals surface area contributed by atoms with Gasteiger partial charge in [0.05, 0.1) is 17.8 Å². The fourth-order valence-corrected chi connectivity index (χ4v) is 3.91. The summed E-state index contributed by atoms with van der Waals surface area (Å²) in [5.74, 6) is -0.428. The second kappa shape index (κ2) is 9.82. The highest BCUT2D eigenvalue weighted by atomic mass is 35.5. The number of aromatic amines is 2. The minimum Gasteiger partial charge on any atom is -0.360 e. The Bertz CT molecular complexity index is 1570. The van der Waals surface area contributed by atoms with Crippen molar-refractivity contribution < 1.29 is 4.79 Å². The largest absolute Gasteiger partial charge is 0.360 e. The van der Waals surface area contributed by atoms with Crippen LogP contribution in [0.1, 0.15) is 21.5 Å². The highest BCUT2D eigenvalue weighted by Crippen LogP contribution is 2.25. The Morgan fingerprint density at radius 2 is 2.06 bits per heavy atom. The number of rotatable bonds is 7. The fraction of sp³-hybridized carbons (Fsp3) is 0.0769. The molecule has 0 fully saturated rings. The maximum Gasteiger partial charge on any atom is 0.263 e. The molecule has 0 bridgehead atoms. The van der Waals surface area contributed by atoms with Crippen molar-refractivity contribution in [2.24, 2.45) is 0 Å². The normalized spacial score (nSPS) is 11.3. The lowest BCUT2D eigenvalue weighted by molar-refractivity contribution is 0.0956. The van der Waals surface area contributed by atoms with E-state index in [1.165, 1.54) is 10.6 Å². The molecule has 8 nitrogen and oxygen atoms in total. The number of carbonyl (C=O) groups is 1. The number of carbonyl (C=O) groups excluding carboxylic acids is 1. The first-order valence-corrected chi connectivity index (χ1v) is 11.3. The molecule has 0 aliphatic carbocycles. The number of amides is 1. The van der Waals surface area contributed by atoms with Gasteiger partial charge in [0.25, 0.3) is 11.5 Å². The predicted octanol–water partition coefficient (Wildman–Crippen LogP) is 4.26. The maximum atomic E-state index is 12.8. The van der Waals surface area contributed by atoms with E-state index in [1.807, 2.05) is 48.7 Å². The molecule has 0 unspecified atom stereocenters. The molecule has 0 saturated heterocycles. The van der Waals surface area contributed by atoms with Gasteiger partial charge in [0, 0.05) is 30.5 Å². The summed E-state index contributed by atoms with van der Waals surface area (Å²) in [7, 11) is 0. The molecule has 0 aliphatic heterocycles. The molecule has 4 aromatic heterocycles.